The molecule has 1 saturated heterocycles. The van der Waals surface area contributed by atoms with Crippen molar-refractivity contribution in [2.24, 2.45) is 0 Å². The second kappa shape index (κ2) is 3.03. The Bertz CT molecular complexity index is 426. The van der Waals surface area contributed by atoms with E-state index in [2.05, 4.69) is 0 Å². The molecule has 0 unspecified atom stereocenters. The molecule has 0 N–H and O–H groups in total. The number of rotatable bonds is 1. The fourth-order valence-electron chi connectivity index (χ4n) is 1.80. The topological polar surface area (TPSA) is 38.8 Å². The summed E-state index contributed by atoms with van der Waals surface area (Å²) >= 11 is 0. The maximum Gasteiger partial charge on any atom is 0.170 e. The number of benzene rings is 1. The number of hydrogen-bond acceptors (Lipinski definition) is 3. The Morgan fingerprint density at radius 3 is 2.87 bits per heavy atom. The number of hydrogen-bond donors (Lipinski definition) is 0. The fourth-order valence-corrected chi connectivity index (χ4v) is 1.80. The van der Waals surface area contributed by atoms with E-state index in [4.69, 9.17) is 9.47 Å². The standard InChI is InChI=1S/C11H9FO3/c12-6-1-2-9-7(3-6)8(13)4-10(15-9)11-5-14-11/h1-3,10-11H,4-5H2/t10-,11+/m1/s1. The quantitative estimate of drug-likeness (QED) is 0.657. The zero-order chi connectivity index (χ0) is 10.4. The zero-order valence-corrected chi connectivity index (χ0v) is 7.90. The SMILES string of the molecule is O=C1C[C@H]([C@@H]2CO2)Oc2ccc(F)cc21. The van der Waals surface area contributed by atoms with Gasteiger partial charge in [-0.25, -0.2) is 4.39 Å². The van der Waals surface area contributed by atoms with Crippen molar-refractivity contribution < 1.29 is 18.7 Å². The normalized spacial score (nSPS) is 28.2. The maximum absolute atomic E-state index is 12.9. The second-order valence-electron chi connectivity index (χ2n) is 3.80. The number of fused-ring (bicyclic) bond motifs is 1. The van der Waals surface area contributed by atoms with Gasteiger partial charge in [0.2, 0.25) is 0 Å². The highest BCUT2D eigenvalue weighted by atomic mass is 19.1. The van der Waals surface area contributed by atoms with Crippen LogP contribution in [0.5, 0.6) is 5.75 Å². The van der Waals surface area contributed by atoms with Crippen LogP contribution < -0.4 is 4.74 Å². The lowest BCUT2D eigenvalue weighted by atomic mass is 9.99. The van der Waals surface area contributed by atoms with Gasteiger partial charge in [-0.3, -0.25) is 4.79 Å². The minimum atomic E-state index is -0.410. The highest BCUT2D eigenvalue weighted by Crippen LogP contribution is 2.32. The van der Waals surface area contributed by atoms with Crippen molar-refractivity contribution in [1.29, 1.82) is 0 Å². The molecule has 0 radical (unpaired) electrons. The Labute approximate surface area is 85.8 Å². The van der Waals surface area contributed by atoms with Crippen molar-refractivity contribution in [1.82, 2.24) is 0 Å². The molecule has 1 aromatic rings. The molecule has 0 aromatic heterocycles. The summed E-state index contributed by atoms with van der Waals surface area (Å²) in [6.07, 6.45) is 0.115. The zero-order valence-electron chi connectivity index (χ0n) is 7.90. The molecule has 0 aliphatic carbocycles. The van der Waals surface area contributed by atoms with Crippen LogP contribution in [0.25, 0.3) is 0 Å². The number of Topliss-reactive ketones (excluding diaryl/α,β-unsaturated/α-hetero) is 1. The van der Waals surface area contributed by atoms with E-state index in [1.165, 1.54) is 18.2 Å². The van der Waals surface area contributed by atoms with Crippen LogP contribution in [-0.2, 0) is 4.74 Å². The van der Waals surface area contributed by atoms with Gasteiger partial charge in [-0.15, -0.1) is 0 Å². The number of carbonyl (C=O) groups is 1. The second-order valence-corrected chi connectivity index (χ2v) is 3.80. The lowest BCUT2D eigenvalue weighted by Crippen LogP contribution is -2.31. The summed E-state index contributed by atoms with van der Waals surface area (Å²) in [7, 11) is 0. The number of ketones is 1. The van der Waals surface area contributed by atoms with Gasteiger partial charge in [-0.05, 0) is 18.2 Å². The van der Waals surface area contributed by atoms with Gasteiger partial charge in [0, 0.05) is 0 Å². The van der Waals surface area contributed by atoms with E-state index < -0.39 is 5.82 Å². The van der Waals surface area contributed by atoms with E-state index in [1.54, 1.807) is 0 Å². The Morgan fingerprint density at radius 1 is 1.33 bits per heavy atom. The first-order chi connectivity index (χ1) is 7.24. The van der Waals surface area contributed by atoms with Crippen molar-refractivity contribution in [2.45, 2.75) is 18.6 Å². The van der Waals surface area contributed by atoms with Crippen LogP contribution in [0.1, 0.15) is 16.8 Å². The summed E-state index contributed by atoms with van der Waals surface area (Å²) in [5.41, 5.74) is 0.340. The molecule has 15 heavy (non-hydrogen) atoms. The molecule has 0 amide bonds. The minimum absolute atomic E-state index is 0.0344. The van der Waals surface area contributed by atoms with Crippen LogP contribution >= 0.6 is 0 Å². The summed E-state index contributed by atoms with van der Waals surface area (Å²) in [5, 5.41) is 0. The predicted molar refractivity (Wildman–Crippen MR) is 49.5 cm³/mol. The predicted octanol–water partition coefficient (Wildman–Crippen LogP) is 1.56. The molecule has 0 bridgehead atoms. The van der Waals surface area contributed by atoms with Crippen molar-refractivity contribution in [3.8, 4) is 5.75 Å². The van der Waals surface area contributed by atoms with Gasteiger partial charge >= 0.3 is 0 Å². The van der Waals surface area contributed by atoms with Gasteiger partial charge in [0.05, 0.1) is 18.6 Å². The molecule has 2 atom stereocenters. The molecule has 4 heteroatoms. The van der Waals surface area contributed by atoms with Crippen LogP contribution in [0.4, 0.5) is 4.39 Å². The number of carbonyl (C=O) groups excluding carboxylic acids is 1. The van der Waals surface area contributed by atoms with Gasteiger partial charge in [0.1, 0.15) is 23.8 Å². The smallest absolute Gasteiger partial charge is 0.170 e. The van der Waals surface area contributed by atoms with Gasteiger partial charge < -0.3 is 9.47 Å². The minimum Gasteiger partial charge on any atom is -0.486 e. The first-order valence-electron chi connectivity index (χ1n) is 4.85. The molecule has 2 aliphatic heterocycles. The average molecular weight is 208 g/mol. The third kappa shape index (κ3) is 1.51. The summed E-state index contributed by atoms with van der Waals surface area (Å²) < 4.78 is 23.6. The molecule has 0 saturated carbocycles. The summed E-state index contributed by atoms with van der Waals surface area (Å²) in [4.78, 5) is 11.7. The number of ether oxygens (including phenoxy) is 2. The maximum atomic E-state index is 12.9. The fraction of sp³-hybridized carbons (Fsp3) is 0.364. The molecular weight excluding hydrogens is 199 g/mol. The Morgan fingerprint density at radius 2 is 2.13 bits per heavy atom. The molecule has 0 spiro atoms. The summed E-state index contributed by atoms with van der Waals surface area (Å²) in [5.74, 6) is -0.0174. The summed E-state index contributed by atoms with van der Waals surface area (Å²) in [6.45, 7) is 0.647. The first-order valence-corrected chi connectivity index (χ1v) is 4.85. The van der Waals surface area contributed by atoms with Crippen molar-refractivity contribution in [3.63, 3.8) is 0 Å². The van der Waals surface area contributed by atoms with Crippen molar-refractivity contribution in [2.75, 3.05) is 6.61 Å². The molecule has 2 heterocycles. The Balaban J connectivity index is 1.96. The van der Waals surface area contributed by atoms with Gasteiger partial charge in [0.15, 0.2) is 5.78 Å². The van der Waals surface area contributed by atoms with Crippen LogP contribution in [0.15, 0.2) is 18.2 Å². The molecule has 2 aliphatic rings. The van der Waals surface area contributed by atoms with Gasteiger partial charge in [-0.2, -0.15) is 0 Å². The largest absolute Gasteiger partial charge is 0.486 e. The monoisotopic (exact) mass is 208 g/mol. The van der Waals surface area contributed by atoms with Crippen LogP contribution in [0, 0.1) is 5.82 Å². The number of halogens is 1. The highest BCUT2D eigenvalue weighted by molar-refractivity contribution is 6.00. The van der Waals surface area contributed by atoms with Crippen molar-refractivity contribution >= 4 is 5.78 Å². The Hall–Kier alpha value is -1.42. The molecular formula is C11H9FO3. The van der Waals surface area contributed by atoms with Crippen LogP contribution in [-0.4, -0.2) is 24.6 Å². The third-order valence-electron chi connectivity index (χ3n) is 2.68. The van der Waals surface area contributed by atoms with Crippen molar-refractivity contribution in [3.05, 3.63) is 29.6 Å². The number of epoxide rings is 1. The lowest BCUT2D eigenvalue weighted by molar-refractivity contribution is 0.0799. The van der Waals surface area contributed by atoms with E-state index in [9.17, 15) is 9.18 Å². The average Bonchev–Trinajstić information content (AvgIpc) is 3.02. The van der Waals surface area contributed by atoms with Crippen LogP contribution in [0.3, 0.4) is 0 Å². The molecule has 1 aromatic carbocycles. The molecule has 3 nitrogen and oxygen atoms in total. The summed E-state index contributed by atoms with van der Waals surface area (Å²) in [6, 6.07) is 4.01. The van der Waals surface area contributed by atoms with E-state index >= 15 is 0 Å². The third-order valence-corrected chi connectivity index (χ3v) is 2.68. The van der Waals surface area contributed by atoms with Gasteiger partial charge in [0.25, 0.3) is 0 Å². The molecule has 1 fully saturated rings. The lowest BCUT2D eigenvalue weighted by Gasteiger charge is -2.23. The first kappa shape index (κ1) is 8.85. The molecule has 78 valence electrons. The van der Waals surface area contributed by atoms with E-state index in [0.717, 1.165) is 0 Å². The highest BCUT2D eigenvalue weighted by Gasteiger charge is 2.39. The van der Waals surface area contributed by atoms with Crippen LogP contribution in [0.2, 0.25) is 0 Å². The Kier molecular flexibility index (Phi) is 1.79. The van der Waals surface area contributed by atoms with Gasteiger partial charge in [-0.1, -0.05) is 0 Å². The molecule has 3 rings (SSSR count). The van der Waals surface area contributed by atoms with E-state index in [-0.39, 0.29) is 24.4 Å². The van der Waals surface area contributed by atoms with E-state index in [0.29, 0.717) is 17.9 Å². The van der Waals surface area contributed by atoms with E-state index in [1.807, 2.05) is 0 Å².